The van der Waals surface area contributed by atoms with Crippen molar-refractivity contribution in [2.45, 2.75) is 84.0 Å². The first-order valence-electron chi connectivity index (χ1n) is 27.8. The van der Waals surface area contributed by atoms with E-state index in [4.69, 9.17) is 20.4 Å². The molecule has 470 valence electrons. The van der Waals surface area contributed by atoms with Gasteiger partial charge in [0.05, 0.1) is 29.6 Å². The van der Waals surface area contributed by atoms with E-state index in [9.17, 15) is 53.7 Å². The van der Waals surface area contributed by atoms with Gasteiger partial charge in [0, 0.05) is 73.6 Å². The lowest BCUT2D eigenvalue weighted by atomic mass is 10.1. The van der Waals surface area contributed by atoms with Crippen molar-refractivity contribution in [3.63, 3.8) is 0 Å². The largest absolute Gasteiger partial charge is 0.506 e. The first-order valence-corrected chi connectivity index (χ1v) is 34.4. The number of pyridine rings is 1. The number of amides is 6. The van der Waals surface area contributed by atoms with Crippen molar-refractivity contribution in [1.29, 1.82) is 0 Å². The number of aromatic hydroxyl groups is 1. The average Bonchev–Trinajstić information content (AvgIpc) is 1.68. The second-order valence-corrected chi connectivity index (χ2v) is 26.9. The maximum atomic E-state index is 14.6. The van der Waals surface area contributed by atoms with Crippen LogP contribution < -0.4 is 32.3 Å². The lowest BCUT2D eigenvalue weighted by Gasteiger charge is -2.21. The molecule has 0 radical (unpaired) electrons. The van der Waals surface area contributed by atoms with Gasteiger partial charge in [-0.3, -0.25) is 33.6 Å². The molecule has 90 heavy (non-hydrogen) atoms. The number of carbonyl (C=O) groups excluding carboxylic acids is 8. The zero-order valence-electron chi connectivity index (χ0n) is 48.5. The molecule has 7 aromatic heterocycles. The molecule has 0 spiro atoms. The highest BCUT2D eigenvalue weighted by Gasteiger charge is 2.34. The lowest BCUT2D eigenvalue weighted by molar-refractivity contribution is -0.155. The van der Waals surface area contributed by atoms with E-state index in [1.165, 1.54) is 52.3 Å². The zero-order chi connectivity index (χ0) is 64.1. The number of esters is 1. The summed E-state index contributed by atoms with van der Waals surface area (Å²) in [5.41, 5.74) is 7.43. The predicted molar refractivity (Wildman–Crippen MR) is 344 cm³/mol. The van der Waals surface area contributed by atoms with Crippen LogP contribution in [-0.4, -0.2) is 163 Å². The summed E-state index contributed by atoms with van der Waals surface area (Å²) in [4.78, 5) is 145. The van der Waals surface area contributed by atoms with Gasteiger partial charge in [-0.25, -0.2) is 34.7 Å². The molecule has 8 aromatic rings. The quantitative estimate of drug-likeness (QED) is 0.0509. The van der Waals surface area contributed by atoms with Gasteiger partial charge < -0.3 is 62.3 Å². The number of ether oxygens (including phenoxy) is 1. The summed E-state index contributed by atoms with van der Waals surface area (Å²) in [6.07, 6.45) is -2.28. The van der Waals surface area contributed by atoms with Crippen LogP contribution in [0.3, 0.4) is 0 Å². The Balaban J connectivity index is 1.07. The molecule has 0 aliphatic carbocycles. The Morgan fingerprint density at radius 1 is 0.833 bits per heavy atom. The van der Waals surface area contributed by atoms with Crippen molar-refractivity contribution in [2.75, 3.05) is 36.9 Å². The summed E-state index contributed by atoms with van der Waals surface area (Å²) in [5, 5.41) is 56.1. The highest BCUT2D eigenvalue weighted by atomic mass is 32.2. The Bertz CT molecular complexity index is 4110. The molecule has 0 saturated heterocycles. The number of cyclic esters (lactones) is 1. The monoisotopic (exact) mass is 1350 g/mol. The SMILES string of the molecule is CC=C1NC(=O)C(C(C)O)NC(=O)c2csc(n2)-c2cc(O)c(-c3nc(C(=O)NC(CSCCN(CC)CC)C(N)=O)cs3)nc2-c2csc(n2)C2CSC(=O)c3[nH]c4cccc(c4c3C)COC(=O)C(O)CC(NC(=O)c3csc1n3)c1nc(cs1)C(=O)N2. The lowest BCUT2D eigenvalue weighted by Crippen LogP contribution is -2.52. The molecule has 6 unspecified atom stereocenters. The summed E-state index contributed by atoms with van der Waals surface area (Å²) in [7, 11) is 0. The summed E-state index contributed by atoms with van der Waals surface area (Å²) in [6.45, 7) is 10.9. The molecular weight excluding hydrogens is 1300 g/mol. The Labute approximate surface area is 541 Å². The number of aromatic amines is 1. The second kappa shape index (κ2) is 28.5. The van der Waals surface area contributed by atoms with Crippen LogP contribution in [0.1, 0.15) is 125 Å². The Morgan fingerprint density at radius 2 is 1.48 bits per heavy atom. The fourth-order valence-electron chi connectivity index (χ4n) is 9.54. The molecule has 6 amide bonds. The summed E-state index contributed by atoms with van der Waals surface area (Å²) in [5.74, 6) is -5.33. The number of nitrogens with one attached hydrogen (secondary N) is 6. The number of allylic oxidation sites excluding steroid dienone is 1. The van der Waals surface area contributed by atoms with Crippen LogP contribution in [0.4, 0.5) is 0 Å². The van der Waals surface area contributed by atoms with Crippen LogP contribution >= 0.6 is 80.2 Å². The number of nitrogens with zero attached hydrogens (tertiary/aromatic N) is 7. The fraction of sp³-hybridized carbons (Fsp3) is 0.333. The minimum absolute atomic E-state index is 0.0767. The number of fused-ring (bicyclic) bond motifs is 13. The molecule has 2 aliphatic rings. The molecule has 10 rings (SSSR count). The van der Waals surface area contributed by atoms with E-state index in [1.807, 2.05) is 0 Å². The minimum atomic E-state index is -1.84. The number of aliphatic hydroxyl groups is 2. The first kappa shape index (κ1) is 65.1. The van der Waals surface area contributed by atoms with Crippen molar-refractivity contribution in [2.24, 2.45) is 5.73 Å². The van der Waals surface area contributed by atoms with Crippen LogP contribution in [-0.2, 0) is 25.7 Å². The number of benzene rings is 1. The average molecular weight is 1360 g/mol. The number of nitrogens with two attached hydrogens (primary N) is 1. The van der Waals surface area contributed by atoms with E-state index in [0.717, 1.165) is 88.1 Å². The normalized spacial score (nSPS) is 19.0. The van der Waals surface area contributed by atoms with Crippen molar-refractivity contribution < 1.29 is 58.4 Å². The van der Waals surface area contributed by atoms with Gasteiger partial charge in [-0.15, -0.1) is 56.7 Å². The number of thiazole rings is 5. The number of hydrogen-bond donors (Lipinski definition) is 10. The highest BCUT2D eigenvalue weighted by molar-refractivity contribution is 8.14. The van der Waals surface area contributed by atoms with Crippen molar-refractivity contribution in [3.8, 4) is 38.4 Å². The molecule has 2 aliphatic heterocycles. The van der Waals surface area contributed by atoms with Gasteiger partial charge in [0.1, 0.15) is 89.3 Å². The standard InChI is InChI=1S/C57H58N14O12S7/c1-6-28-52-66-33(20-87-52)46(76)61-30-15-39(74)56(81)83-16-26-10-9-11-29-40(26)24(4)41(59-29)57(82)90-23-37(63-48(78)34-21-88-53(30)67-34)54-64-31(18-86-54)43-27(51-65-36(19-85-51)49(79)70-42(25(5)72)50(80)60-28)14-38(73)44(69-43)55-68-35(22-89-55)47(77)62-32(45(58)75)17-84-13-12-71(7-2)8-3/h6,9-11,14,18-22,25,30,32,37,39,42,59,72-74H,7-8,12-13,15-17,23H2,1-5H3,(H2,58,75)(H,60,80)(H,61,76)(H,62,77)(H,63,78)(H,70,79). The number of carbonyl (C=O) groups is 8. The predicted octanol–water partition coefficient (Wildman–Crippen LogP) is 5.81. The number of primary amides is 1. The van der Waals surface area contributed by atoms with Gasteiger partial charge in [0.15, 0.2) is 6.10 Å². The van der Waals surface area contributed by atoms with Gasteiger partial charge >= 0.3 is 5.97 Å². The van der Waals surface area contributed by atoms with E-state index in [0.29, 0.717) is 27.8 Å². The van der Waals surface area contributed by atoms with E-state index in [2.05, 4.69) is 70.3 Å². The third-order valence-electron chi connectivity index (χ3n) is 14.4. The zero-order valence-corrected chi connectivity index (χ0v) is 54.2. The van der Waals surface area contributed by atoms with Gasteiger partial charge in [-0.05, 0) is 57.1 Å². The highest BCUT2D eigenvalue weighted by Crippen LogP contribution is 2.42. The molecule has 0 fully saturated rings. The van der Waals surface area contributed by atoms with Gasteiger partial charge in [0.2, 0.25) is 16.9 Å². The number of H-pyrrole nitrogens is 1. The second-order valence-electron chi connectivity index (χ2n) is 20.4. The molecule has 26 nitrogen and oxygen atoms in total. The maximum Gasteiger partial charge on any atom is 0.335 e. The number of rotatable bonds is 12. The van der Waals surface area contributed by atoms with E-state index >= 15 is 0 Å². The third-order valence-corrected chi connectivity index (χ3v) is 21.0. The number of aromatic nitrogens is 7. The van der Waals surface area contributed by atoms with Gasteiger partial charge in [-0.2, -0.15) is 11.8 Å². The van der Waals surface area contributed by atoms with Crippen molar-refractivity contribution >= 4 is 143 Å². The van der Waals surface area contributed by atoms with E-state index in [1.54, 1.807) is 37.4 Å². The van der Waals surface area contributed by atoms with Crippen molar-refractivity contribution in [3.05, 3.63) is 112 Å². The molecular formula is C57H58N14O12S7. The van der Waals surface area contributed by atoms with Crippen LogP contribution in [0.2, 0.25) is 0 Å². The third kappa shape index (κ3) is 14.5. The summed E-state index contributed by atoms with van der Waals surface area (Å²) in [6, 6.07) is 1.66. The van der Waals surface area contributed by atoms with Crippen LogP contribution in [0.5, 0.6) is 5.75 Å². The van der Waals surface area contributed by atoms with Gasteiger partial charge in [0.25, 0.3) is 23.6 Å². The maximum absolute atomic E-state index is 14.6. The van der Waals surface area contributed by atoms with E-state index in [-0.39, 0.29) is 100.0 Å². The molecule has 33 heteroatoms. The summed E-state index contributed by atoms with van der Waals surface area (Å²) < 4.78 is 5.65. The minimum Gasteiger partial charge on any atom is -0.506 e. The summed E-state index contributed by atoms with van der Waals surface area (Å²) >= 11 is 7.30. The number of thioether (sulfide) groups is 2. The number of aryl methyl sites for hydroxylation is 1. The van der Waals surface area contributed by atoms with Gasteiger partial charge in [-0.1, -0.05) is 43.8 Å². The van der Waals surface area contributed by atoms with Crippen LogP contribution in [0.15, 0.2) is 57.2 Å². The molecule has 1 aromatic carbocycles. The first-order chi connectivity index (χ1) is 43.2. The Morgan fingerprint density at radius 3 is 2.19 bits per heavy atom. The number of hydrogen-bond acceptors (Lipinski definition) is 26. The molecule has 12 bridgehead atoms. The Kier molecular flexibility index (Phi) is 20.6. The van der Waals surface area contributed by atoms with Crippen LogP contribution in [0.25, 0.3) is 49.3 Å². The smallest absolute Gasteiger partial charge is 0.335 e. The molecule has 0 saturated carbocycles. The molecule has 6 atom stereocenters. The fourth-order valence-corrected chi connectivity index (χ4v) is 15.7. The molecule has 9 heterocycles. The van der Waals surface area contributed by atoms with Crippen LogP contribution in [0, 0.1) is 6.92 Å². The molecule has 11 N–H and O–H groups in total. The topological polar surface area (TPSA) is 389 Å². The van der Waals surface area contributed by atoms with Crippen molar-refractivity contribution in [1.82, 2.24) is 66.4 Å². The Hall–Kier alpha value is -7.86. The number of aliphatic hydroxyl groups excluding tert-OH is 2. The van der Waals surface area contributed by atoms with E-state index < -0.39 is 95.1 Å².